The number of aliphatic carboxylic acids is 1. The van der Waals surface area contributed by atoms with E-state index in [0.29, 0.717) is 12.8 Å². The molecule has 0 aromatic rings. The van der Waals surface area contributed by atoms with Crippen LogP contribution in [0.1, 0.15) is 136 Å². The Morgan fingerprint density at radius 1 is 0.711 bits per heavy atom. The Bertz CT molecular complexity index is 642. The van der Waals surface area contributed by atoms with Crippen LogP contribution in [0.4, 0.5) is 0 Å². The molecule has 2 amide bonds. The molecule has 0 aromatic heterocycles. The average molecular weight is 543 g/mol. The maximum atomic E-state index is 12.4. The Hall–Kier alpha value is -2.16. The van der Waals surface area contributed by atoms with Crippen LogP contribution < -0.4 is 10.6 Å². The molecule has 1 unspecified atom stereocenters. The van der Waals surface area contributed by atoms with E-state index in [1.165, 1.54) is 64.2 Å². The van der Waals surface area contributed by atoms with Gasteiger partial charge in [0.2, 0.25) is 11.8 Å². The Balaban J connectivity index is 4.13. The van der Waals surface area contributed by atoms with E-state index in [9.17, 15) is 19.2 Å². The molecule has 0 aromatic carbocycles. The first kappa shape index (κ1) is 35.8. The molecule has 0 radical (unpaired) electrons. The third-order valence-electron chi connectivity index (χ3n) is 6.59. The topological polar surface area (TPSA) is 142 Å². The van der Waals surface area contributed by atoms with Crippen molar-refractivity contribution < 1.29 is 34.1 Å². The Kier molecular flexibility index (Phi) is 23.7. The van der Waals surface area contributed by atoms with Crippen LogP contribution in [-0.2, 0) is 23.9 Å². The lowest BCUT2D eigenvalue weighted by Crippen LogP contribution is -2.47. The summed E-state index contributed by atoms with van der Waals surface area (Å²) in [6, 6.07) is -1.42. The van der Waals surface area contributed by atoms with E-state index in [2.05, 4.69) is 24.5 Å². The zero-order valence-corrected chi connectivity index (χ0v) is 23.9. The SMILES string of the molecule is CCCCCCCCCCCCCCCC(=O)OC(CCCCC)CC(=O)NCC(=O)N[C@@H](CO)C(=O)O. The van der Waals surface area contributed by atoms with Gasteiger partial charge in [0.25, 0.3) is 0 Å². The Labute approximate surface area is 229 Å². The van der Waals surface area contributed by atoms with Crippen LogP contribution >= 0.6 is 0 Å². The van der Waals surface area contributed by atoms with E-state index in [-0.39, 0.29) is 12.4 Å². The van der Waals surface area contributed by atoms with Crippen molar-refractivity contribution >= 4 is 23.8 Å². The van der Waals surface area contributed by atoms with Crippen LogP contribution in [0.15, 0.2) is 0 Å². The van der Waals surface area contributed by atoms with Crippen LogP contribution in [0, 0.1) is 0 Å². The summed E-state index contributed by atoms with van der Waals surface area (Å²) in [6.45, 7) is 3.14. The average Bonchev–Trinajstić information content (AvgIpc) is 2.88. The number of carboxylic acid groups (broad SMARTS) is 1. The lowest BCUT2D eigenvalue weighted by molar-refractivity contribution is -0.151. The minimum Gasteiger partial charge on any atom is -0.480 e. The lowest BCUT2D eigenvalue weighted by atomic mass is 10.0. The van der Waals surface area contributed by atoms with Gasteiger partial charge in [0.15, 0.2) is 0 Å². The number of esters is 1. The summed E-state index contributed by atoms with van der Waals surface area (Å²) in [6.07, 6.45) is 19.1. The second kappa shape index (κ2) is 25.1. The number of carbonyl (C=O) groups excluding carboxylic acids is 3. The molecule has 0 aliphatic rings. The smallest absolute Gasteiger partial charge is 0.328 e. The van der Waals surface area contributed by atoms with Gasteiger partial charge in [0, 0.05) is 6.42 Å². The van der Waals surface area contributed by atoms with Gasteiger partial charge in [-0.25, -0.2) is 4.79 Å². The maximum Gasteiger partial charge on any atom is 0.328 e. The van der Waals surface area contributed by atoms with Crippen molar-refractivity contribution in [2.24, 2.45) is 0 Å². The number of nitrogens with one attached hydrogen (secondary N) is 2. The second-order valence-electron chi connectivity index (χ2n) is 10.2. The van der Waals surface area contributed by atoms with Crippen molar-refractivity contribution in [3.05, 3.63) is 0 Å². The van der Waals surface area contributed by atoms with E-state index in [1.54, 1.807) is 0 Å². The molecule has 0 heterocycles. The number of amides is 2. The first-order valence-electron chi connectivity index (χ1n) is 14.9. The highest BCUT2D eigenvalue weighted by atomic mass is 16.5. The summed E-state index contributed by atoms with van der Waals surface area (Å²) in [5.41, 5.74) is 0. The van der Waals surface area contributed by atoms with E-state index in [4.69, 9.17) is 14.9 Å². The van der Waals surface area contributed by atoms with Gasteiger partial charge in [-0.3, -0.25) is 14.4 Å². The first-order chi connectivity index (χ1) is 18.3. The van der Waals surface area contributed by atoms with E-state index in [0.717, 1.165) is 38.5 Å². The largest absolute Gasteiger partial charge is 0.480 e. The predicted molar refractivity (Wildman–Crippen MR) is 149 cm³/mol. The minimum absolute atomic E-state index is 0.0519. The molecule has 0 aliphatic heterocycles. The highest BCUT2D eigenvalue weighted by molar-refractivity contribution is 5.88. The van der Waals surface area contributed by atoms with Crippen molar-refractivity contribution in [1.29, 1.82) is 0 Å². The van der Waals surface area contributed by atoms with Crippen LogP contribution in [0.2, 0.25) is 0 Å². The van der Waals surface area contributed by atoms with Gasteiger partial charge >= 0.3 is 11.9 Å². The highest BCUT2D eigenvalue weighted by Crippen LogP contribution is 2.15. The predicted octanol–water partition coefficient (Wildman–Crippen LogP) is 5.03. The summed E-state index contributed by atoms with van der Waals surface area (Å²) in [7, 11) is 0. The van der Waals surface area contributed by atoms with Crippen LogP contribution in [-0.4, -0.2) is 59.3 Å². The molecule has 9 heteroatoms. The molecule has 0 aliphatic carbocycles. The normalized spacial score (nSPS) is 12.5. The maximum absolute atomic E-state index is 12.4. The molecule has 0 rings (SSSR count). The van der Waals surface area contributed by atoms with Crippen molar-refractivity contribution in [3.8, 4) is 0 Å². The number of aliphatic hydroxyl groups excluding tert-OH is 1. The lowest BCUT2D eigenvalue weighted by Gasteiger charge is -2.18. The molecule has 0 saturated carbocycles. The van der Waals surface area contributed by atoms with Crippen LogP contribution in [0.3, 0.4) is 0 Å². The van der Waals surface area contributed by atoms with Gasteiger partial charge in [-0.05, 0) is 19.3 Å². The number of ether oxygens (including phenoxy) is 1. The second-order valence-corrected chi connectivity index (χ2v) is 10.2. The molecule has 0 saturated heterocycles. The molecule has 0 fully saturated rings. The van der Waals surface area contributed by atoms with E-state index >= 15 is 0 Å². The molecule has 9 nitrogen and oxygen atoms in total. The van der Waals surface area contributed by atoms with Gasteiger partial charge in [-0.1, -0.05) is 104 Å². The van der Waals surface area contributed by atoms with Gasteiger partial charge in [0.05, 0.1) is 19.6 Å². The quantitative estimate of drug-likeness (QED) is 0.0887. The number of unbranched alkanes of at least 4 members (excludes halogenated alkanes) is 14. The molecular weight excluding hydrogens is 488 g/mol. The number of carboxylic acids is 1. The number of hydrogen-bond donors (Lipinski definition) is 4. The van der Waals surface area contributed by atoms with Crippen molar-refractivity contribution in [1.82, 2.24) is 10.6 Å². The summed E-state index contributed by atoms with van der Waals surface area (Å²) in [5, 5.41) is 22.4. The number of rotatable bonds is 26. The molecule has 0 bridgehead atoms. The summed E-state index contributed by atoms with van der Waals surface area (Å²) in [5.74, 6) is -2.83. The van der Waals surface area contributed by atoms with Crippen LogP contribution in [0.5, 0.6) is 0 Å². The zero-order chi connectivity index (χ0) is 28.4. The van der Waals surface area contributed by atoms with Gasteiger partial charge in [0.1, 0.15) is 12.1 Å². The molecule has 0 spiro atoms. The van der Waals surface area contributed by atoms with E-state index < -0.39 is 43.1 Å². The Morgan fingerprint density at radius 2 is 1.21 bits per heavy atom. The van der Waals surface area contributed by atoms with Gasteiger partial charge in [-0.15, -0.1) is 0 Å². The number of hydrogen-bond acceptors (Lipinski definition) is 6. The fourth-order valence-corrected chi connectivity index (χ4v) is 4.25. The number of carbonyl (C=O) groups is 4. The van der Waals surface area contributed by atoms with Crippen LogP contribution in [0.25, 0.3) is 0 Å². The summed E-state index contributed by atoms with van der Waals surface area (Å²) in [4.78, 5) is 47.3. The molecule has 4 N–H and O–H groups in total. The van der Waals surface area contributed by atoms with Gasteiger partial charge in [-0.2, -0.15) is 0 Å². The number of aliphatic hydroxyl groups is 1. The van der Waals surface area contributed by atoms with Gasteiger partial charge < -0.3 is 25.6 Å². The third-order valence-corrected chi connectivity index (χ3v) is 6.59. The first-order valence-corrected chi connectivity index (χ1v) is 14.9. The van der Waals surface area contributed by atoms with E-state index in [1.807, 2.05) is 0 Å². The molecule has 38 heavy (non-hydrogen) atoms. The highest BCUT2D eigenvalue weighted by Gasteiger charge is 2.21. The van der Waals surface area contributed by atoms with Crippen molar-refractivity contribution in [2.45, 2.75) is 148 Å². The summed E-state index contributed by atoms with van der Waals surface area (Å²) < 4.78 is 5.58. The Morgan fingerprint density at radius 3 is 1.71 bits per heavy atom. The molecule has 222 valence electrons. The molecule has 2 atom stereocenters. The zero-order valence-electron chi connectivity index (χ0n) is 23.9. The van der Waals surface area contributed by atoms with Crippen molar-refractivity contribution in [2.75, 3.05) is 13.2 Å². The monoisotopic (exact) mass is 542 g/mol. The van der Waals surface area contributed by atoms with Crippen molar-refractivity contribution in [3.63, 3.8) is 0 Å². The standard InChI is InChI=1S/C29H54N2O7/c1-3-5-7-8-9-10-11-12-13-14-15-16-18-20-28(35)38-24(19-17-6-4-2)21-26(33)30-22-27(34)31-25(23-32)29(36)37/h24-25,32H,3-23H2,1-2H3,(H,30,33)(H,31,34)(H,36,37)/t24?,25-/m0/s1. The summed E-state index contributed by atoms with van der Waals surface area (Å²) >= 11 is 0. The minimum atomic E-state index is -1.42. The fraction of sp³-hybridized carbons (Fsp3) is 0.862. The fourth-order valence-electron chi connectivity index (χ4n) is 4.25. The molecular formula is C29H54N2O7. The third kappa shape index (κ3) is 21.9.